The summed E-state index contributed by atoms with van der Waals surface area (Å²) in [6.45, 7) is 5.06. The van der Waals surface area contributed by atoms with Crippen molar-refractivity contribution < 1.29 is 27.4 Å². The van der Waals surface area contributed by atoms with Gasteiger partial charge in [0.15, 0.2) is 0 Å². The van der Waals surface area contributed by atoms with Crippen LogP contribution in [0.1, 0.15) is 32.6 Å². The SMILES string of the molecule is CC(OC(=O)[C@@H]1[C@H](/C=C(\Cl)C(F)(F)F)C1(C)C)c1cccc(Oc2ccccc2)n1. The molecular weight excluding hydrogens is 419 g/mol. The normalized spacial score (nSPS) is 21.6. The molecule has 1 aromatic carbocycles. The number of allylic oxidation sites excluding steroid dienone is 2. The Morgan fingerprint density at radius 3 is 2.47 bits per heavy atom. The summed E-state index contributed by atoms with van der Waals surface area (Å²) in [5.74, 6) is -0.989. The minimum absolute atomic E-state index is 0.339. The molecule has 1 heterocycles. The van der Waals surface area contributed by atoms with Crippen molar-refractivity contribution in [1.29, 1.82) is 0 Å². The number of carbonyl (C=O) groups is 1. The maximum atomic E-state index is 12.7. The van der Waals surface area contributed by atoms with Crippen LogP contribution in [-0.4, -0.2) is 17.1 Å². The molecule has 2 aromatic rings. The van der Waals surface area contributed by atoms with E-state index in [9.17, 15) is 18.0 Å². The van der Waals surface area contributed by atoms with Gasteiger partial charge in [-0.25, -0.2) is 4.98 Å². The van der Waals surface area contributed by atoms with Crippen molar-refractivity contribution in [1.82, 2.24) is 4.98 Å². The lowest BCUT2D eigenvalue weighted by atomic mass is 10.1. The first-order chi connectivity index (χ1) is 14.0. The molecule has 0 N–H and O–H groups in total. The molecule has 3 atom stereocenters. The zero-order chi connectivity index (χ0) is 22.1. The van der Waals surface area contributed by atoms with Gasteiger partial charge in [-0.2, -0.15) is 13.2 Å². The molecule has 160 valence electrons. The third-order valence-electron chi connectivity index (χ3n) is 5.18. The first-order valence-corrected chi connectivity index (χ1v) is 9.73. The van der Waals surface area contributed by atoms with Crippen LogP contribution < -0.4 is 4.74 Å². The molecule has 0 aliphatic heterocycles. The van der Waals surface area contributed by atoms with Crippen molar-refractivity contribution in [3.05, 3.63) is 65.3 Å². The van der Waals surface area contributed by atoms with Gasteiger partial charge in [-0.05, 0) is 36.5 Å². The highest BCUT2D eigenvalue weighted by Crippen LogP contribution is 2.60. The van der Waals surface area contributed by atoms with E-state index in [0.717, 1.165) is 6.08 Å². The molecule has 1 aromatic heterocycles. The van der Waals surface area contributed by atoms with E-state index in [1.165, 1.54) is 0 Å². The van der Waals surface area contributed by atoms with E-state index in [4.69, 9.17) is 21.1 Å². The number of carbonyl (C=O) groups excluding carboxylic acids is 1. The molecule has 0 amide bonds. The Balaban J connectivity index is 1.67. The Bertz CT molecular complexity index is 944. The minimum Gasteiger partial charge on any atom is -0.456 e. The lowest BCUT2D eigenvalue weighted by Crippen LogP contribution is -2.14. The van der Waals surface area contributed by atoms with E-state index in [2.05, 4.69) is 4.98 Å². The Hall–Kier alpha value is -2.54. The van der Waals surface area contributed by atoms with Gasteiger partial charge in [-0.1, -0.05) is 55.8 Å². The van der Waals surface area contributed by atoms with Gasteiger partial charge in [0.2, 0.25) is 5.88 Å². The van der Waals surface area contributed by atoms with Gasteiger partial charge in [0, 0.05) is 6.07 Å². The molecule has 1 aliphatic carbocycles. The quantitative estimate of drug-likeness (QED) is 0.486. The van der Waals surface area contributed by atoms with Gasteiger partial charge < -0.3 is 9.47 Å². The van der Waals surface area contributed by atoms with Crippen LogP contribution >= 0.6 is 11.6 Å². The second-order valence-corrected chi connectivity index (χ2v) is 8.14. The van der Waals surface area contributed by atoms with Gasteiger partial charge in [-0.15, -0.1) is 0 Å². The Labute approximate surface area is 177 Å². The number of halogens is 4. The van der Waals surface area contributed by atoms with Crippen molar-refractivity contribution in [3.63, 3.8) is 0 Å². The number of hydrogen-bond donors (Lipinski definition) is 0. The summed E-state index contributed by atoms with van der Waals surface area (Å²) in [6.07, 6.45) is -4.44. The molecule has 30 heavy (non-hydrogen) atoms. The number of aromatic nitrogens is 1. The largest absolute Gasteiger partial charge is 0.456 e. The Morgan fingerprint density at radius 1 is 1.17 bits per heavy atom. The number of rotatable bonds is 6. The number of pyridine rings is 1. The van der Waals surface area contributed by atoms with Crippen LogP contribution in [-0.2, 0) is 9.53 Å². The minimum atomic E-state index is -4.63. The second kappa shape index (κ2) is 8.30. The smallest absolute Gasteiger partial charge is 0.426 e. The number of para-hydroxylation sites is 1. The molecule has 1 saturated carbocycles. The number of benzene rings is 1. The Morgan fingerprint density at radius 2 is 1.83 bits per heavy atom. The van der Waals surface area contributed by atoms with Crippen LogP contribution in [0.5, 0.6) is 11.6 Å². The monoisotopic (exact) mass is 439 g/mol. The topological polar surface area (TPSA) is 48.4 Å². The Kier molecular flexibility index (Phi) is 6.13. The molecule has 0 saturated heterocycles. The summed E-state index contributed by atoms with van der Waals surface area (Å²) in [6, 6.07) is 14.2. The highest BCUT2D eigenvalue weighted by atomic mass is 35.5. The van der Waals surface area contributed by atoms with Crippen LogP contribution in [0.3, 0.4) is 0 Å². The van der Waals surface area contributed by atoms with Gasteiger partial charge in [0.05, 0.1) is 11.6 Å². The molecule has 1 fully saturated rings. The lowest BCUT2D eigenvalue weighted by molar-refractivity contribution is -0.151. The van der Waals surface area contributed by atoms with Crippen LogP contribution in [0.2, 0.25) is 0 Å². The molecular formula is C22H21ClF3NO3. The molecule has 3 rings (SSSR count). The fourth-order valence-corrected chi connectivity index (χ4v) is 3.46. The number of alkyl halides is 3. The molecule has 8 heteroatoms. The average Bonchev–Trinajstić information content (AvgIpc) is 3.22. The first-order valence-electron chi connectivity index (χ1n) is 9.35. The molecule has 0 bridgehead atoms. The average molecular weight is 440 g/mol. The highest BCUT2D eigenvalue weighted by Gasteiger charge is 2.62. The van der Waals surface area contributed by atoms with E-state index in [0.29, 0.717) is 17.3 Å². The highest BCUT2D eigenvalue weighted by molar-refractivity contribution is 6.30. The predicted octanol–water partition coefficient (Wildman–Crippen LogP) is 6.44. The van der Waals surface area contributed by atoms with Crippen LogP contribution in [0.25, 0.3) is 0 Å². The van der Waals surface area contributed by atoms with E-state index in [1.807, 2.05) is 18.2 Å². The fourth-order valence-electron chi connectivity index (χ4n) is 3.32. The third-order valence-corrected chi connectivity index (χ3v) is 5.52. The summed E-state index contributed by atoms with van der Waals surface area (Å²) in [7, 11) is 0. The van der Waals surface area contributed by atoms with E-state index >= 15 is 0 Å². The number of ether oxygens (including phenoxy) is 2. The lowest BCUT2D eigenvalue weighted by Gasteiger charge is -2.14. The molecule has 1 unspecified atom stereocenters. The fraction of sp³-hybridized carbons (Fsp3) is 0.364. The summed E-state index contributed by atoms with van der Waals surface area (Å²) in [4.78, 5) is 16.9. The number of hydrogen-bond acceptors (Lipinski definition) is 4. The number of esters is 1. The van der Waals surface area contributed by atoms with Gasteiger partial charge in [0.25, 0.3) is 0 Å². The summed E-state index contributed by atoms with van der Waals surface area (Å²) >= 11 is 5.33. The molecule has 4 nitrogen and oxygen atoms in total. The standard InChI is InChI=1S/C22H21ClF3NO3/c1-13(16-10-7-11-18(27-16)30-14-8-5-4-6-9-14)29-20(28)19-15(21(19,2)3)12-17(23)22(24,25)26/h4-13,15,19H,1-3H3/b17-12-/t13?,15-,19-/m0/s1. The van der Waals surface area contributed by atoms with Gasteiger partial charge in [-0.3, -0.25) is 4.79 Å². The zero-order valence-corrected chi connectivity index (χ0v) is 17.4. The predicted molar refractivity (Wildman–Crippen MR) is 106 cm³/mol. The van der Waals surface area contributed by atoms with Gasteiger partial charge in [0.1, 0.15) is 16.9 Å². The maximum Gasteiger partial charge on any atom is 0.426 e. The van der Waals surface area contributed by atoms with E-state index in [-0.39, 0.29) is 0 Å². The first kappa shape index (κ1) is 22.2. The van der Waals surface area contributed by atoms with Crippen molar-refractivity contribution in [3.8, 4) is 11.6 Å². The van der Waals surface area contributed by atoms with Crippen molar-refractivity contribution in [2.75, 3.05) is 0 Å². The van der Waals surface area contributed by atoms with Crippen LogP contribution in [0.4, 0.5) is 13.2 Å². The van der Waals surface area contributed by atoms with E-state index in [1.54, 1.807) is 51.1 Å². The van der Waals surface area contributed by atoms with Crippen LogP contribution in [0.15, 0.2) is 59.6 Å². The molecule has 1 aliphatic rings. The van der Waals surface area contributed by atoms with E-state index < -0.39 is 40.5 Å². The molecule has 0 radical (unpaired) electrons. The van der Waals surface area contributed by atoms with Crippen LogP contribution in [0, 0.1) is 17.3 Å². The third kappa shape index (κ3) is 4.95. The number of nitrogens with zero attached hydrogens (tertiary/aromatic N) is 1. The maximum absolute atomic E-state index is 12.7. The van der Waals surface area contributed by atoms with Crippen molar-refractivity contribution in [2.45, 2.75) is 33.1 Å². The second-order valence-electron chi connectivity index (χ2n) is 7.73. The van der Waals surface area contributed by atoms with Gasteiger partial charge >= 0.3 is 12.1 Å². The summed E-state index contributed by atoms with van der Waals surface area (Å²) in [5.41, 5.74) is -0.205. The molecule has 0 spiro atoms. The van der Waals surface area contributed by atoms with Crippen molar-refractivity contribution in [2.24, 2.45) is 17.3 Å². The summed E-state index contributed by atoms with van der Waals surface area (Å²) in [5, 5.41) is -1.23. The zero-order valence-electron chi connectivity index (χ0n) is 16.6. The van der Waals surface area contributed by atoms with Crippen molar-refractivity contribution >= 4 is 17.6 Å². The summed E-state index contributed by atoms with van der Waals surface area (Å²) < 4.78 is 49.3.